The maximum absolute atomic E-state index is 12.2. The van der Waals surface area contributed by atoms with E-state index in [4.69, 9.17) is 5.73 Å². The van der Waals surface area contributed by atoms with Gasteiger partial charge in [0.05, 0.1) is 10.6 Å². The molecule has 5 heteroatoms. The summed E-state index contributed by atoms with van der Waals surface area (Å²) >= 11 is 3.31. The Labute approximate surface area is 115 Å². The average molecular weight is 326 g/mol. The van der Waals surface area contributed by atoms with Crippen LogP contribution in [-0.2, 0) is 15.6 Å². The summed E-state index contributed by atoms with van der Waals surface area (Å²) in [5.74, 6) is -0.0241. The monoisotopic (exact) mass is 325 g/mol. The van der Waals surface area contributed by atoms with Crippen molar-refractivity contribution < 1.29 is 8.42 Å². The predicted octanol–water partition coefficient (Wildman–Crippen LogP) is 3.01. The van der Waals surface area contributed by atoms with Gasteiger partial charge in [0, 0.05) is 10.2 Å². The van der Waals surface area contributed by atoms with Gasteiger partial charge in [-0.25, -0.2) is 8.42 Å². The number of anilines is 1. The highest BCUT2D eigenvalue weighted by Gasteiger charge is 2.15. The third-order valence-electron chi connectivity index (χ3n) is 2.49. The van der Waals surface area contributed by atoms with E-state index in [0.29, 0.717) is 5.69 Å². The van der Waals surface area contributed by atoms with E-state index in [1.807, 2.05) is 12.1 Å². The zero-order valence-electron chi connectivity index (χ0n) is 9.51. The molecule has 0 saturated carbocycles. The molecular weight excluding hydrogens is 314 g/mol. The van der Waals surface area contributed by atoms with Gasteiger partial charge in [0.25, 0.3) is 0 Å². The topological polar surface area (TPSA) is 60.2 Å². The first kappa shape index (κ1) is 13.1. The largest absolute Gasteiger partial charge is 0.399 e. The van der Waals surface area contributed by atoms with Crippen molar-refractivity contribution in [1.29, 1.82) is 0 Å². The van der Waals surface area contributed by atoms with E-state index in [0.717, 1.165) is 10.0 Å². The number of benzene rings is 2. The van der Waals surface area contributed by atoms with Gasteiger partial charge >= 0.3 is 0 Å². The van der Waals surface area contributed by atoms with Crippen LogP contribution >= 0.6 is 15.9 Å². The van der Waals surface area contributed by atoms with Gasteiger partial charge in [-0.1, -0.05) is 34.1 Å². The van der Waals surface area contributed by atoms with Crippen LogP contribution in [0, 0.1) is 0 Å². The van der Waals surface area contributed by atoms with Crippen LogP contribution in [0.2, 0.25) is 0 Å². The summed E-state index contributed by atoms with van der Waals surface area (Å²) in [5, 5.41) is 0. The van der Waals surface area contributed by atoms with Gasteiger partial charge in [-0.2, -0.15) is 0 Å². The number of nitrogen functional groups attached to an aromatic ring is 1. The van der Waals surface area contributed by atoms with Crippen molar-refractivity contribution >= 4 is 31.5 Å². The van der Waals surface area contributed by atoms with Crippen molar-refractivity contribution in [2.24, 2.45) is 0 Å². The highest BCUT2D eigenvalue weighted by molar-refractivity contribution is 9.10. The molecule has 0 aliphatic heterocycles. The lowest BCUT2D eigenvalue weighted by molar-refractivity contribution is 0.595. The van der Waals surface area contributed by atoms with Crippen LogP contribution in [0.5, 0.6) is 0 Å². The van der Waals surface area contributed by atoms with E-state index >= 15 is 0 Å². The third kappa shape index (κ3) is 3.11. The summed E-state index contributed by atoms with van der Waals surface area (Å²) in [6, 6.07) is 13.6. The summed E-state index contributed by atoms with van der Waals surface area (Å²) in [4.78, 5) is 0.255. The van der Waals surface area contributed by atoms with Gasteiger partial charge in [0.1, 0.15) is 0 Å². The van der Waals surface area contributed by atoms with Gasteiger partial charge in [-0.3, -0.25) is 0 Å². The van der Waals surface area contributed by atoms with Gasteiger partial charge in [-0.15, -0.1) is 0 Å². The Morgan fingerprint density at radius 2 is 1.72 bits per heavy atom. The Morgan fingerprint density at radius 3 is 2.33 bits per heavy atom. The smallest absolute Gasteiger partial charge is 0.182 e. The van der Waals surface area contributed by atoms with Crippen molar-refractivity contribution in [1.82, 2.24) is 0 Å². The maximum Gasteiger partial charge on any atom is 0.182 e. The van der Waals surface area contributed by atoms with Crippen LogP contribution in [0.4, 0.5) is 5.69 Å². The first-order valence-corrected chi connectivity index (χ1v) is 7.75. The lowest BCUT2D eigenvalue weighted by Crippen LogP contribution is -2.05. The van der Waals surface area contributed by atoms with E-state index in [-0.39, 0.29) is 10.6 Å². The van der Waals surface area contributed by atoms with E-state index < -0.39 is 9.84 Å². The molecule has 0 saturated heterocycles. The standard InChI is InChI=1S/C13H12BrNO2S/c14-11-6-4-10(5-7-11)9-18(16,17)13-3-1-2-12(15)8-13/h1-8H,9,15H2. The first-order chi connectivity index (χ1) is 8.47. The van der Waals surface area contributed by atoms with E-state index in [1.54, 1.807) is 30.3 Å². The molecule has 0 spiro atoms. The van der Waals surface area contributed by atoms with Crippen molar-refractivity contribution in [3.63, 3.8) is 0 Å². The number of hydrogen-bond acceptors (Lipinski definition) is 3. The SMILES string of the molecule is Nc1cccc(S(=O)(=O)Cc2ccc(Br)cc2)c1. The second-order valence-corrected chi connectivity index (χ2v) is 6.86. The van der Waals surface area contributed by atoms with Gasteiger partial charge < -0.3 is 5.73 Å². The number of sulfone groups is 1. The lowest BCUT2D eigenvalue weighted by atomic mass is 10.2. The van der Waals surface area contributed by atoms with Crippen molar-refractivity contribution in [2.75, 3.05) is 5.73 Å². The number of rotatable bonds is 3. The zero-order valence-corrected chi connectivity index (χ0v) is 11.9. The molecule has 94 valence electrons. The van der Waals surface area contributed by atoms with Crippen molar-refractivity contribution in [3.05, 3.63) is 58.6 Å². The molecular formula is C13H12BrNO2S. The molecule has 2 rings (SSSR count). The number of hydrogen-bond donors (Lipinski definition) is 1. The Morgan fingerprint density at radius 1 is 1.06 bits per heavy atom. The van der Waals surface area contributed by atoms with Crippen molar-refractivity contribution in [2.45, 2.75) is 10.6 Å². The minimum Gasteiger partial charge on any atom is -0.399 e. The molecule has 0 bridgehead atoms. The fourth-order valence-electron chi connectivity index (χ4n) is 1.59. The Bertz CT molecular complexity index is 651. The fraction of sp³-hybridized carbons (Fsp3) is 0.0769. The highest BCUT2D eigenvalue weighted by Crippen LogP contribution is 2.19. The molecule has 0 amide bonds. The number of halogens is 1. The first-order valence-electron chi connectivity index (χ1n) is 5.30. The fourth-order valence-corrected chi connectivity index (χ4v) is 3.26. The van der Waals surface area contributed by atoms with Crippen LogP contribution in [0.15, 0.2) is 57.9 Å². The van der Waals surface area contributed by atoms with Crippen LogP contribution in [0.3, 0.4) is 0 Å². The minimum atomic E-state index is -3.34. The van der Waals surface area contributed by atoms with Crippen LogP contribution < -0.4 is 5.73 Å². The van der Waals surface area contributed by atoms with Crippen LogP contribution in [-0.4, -0.2) is 8.42 Å². The maximum atomic E-state index is 12.2. The van der Waals surface area contributed by atoms with E-state index in [2.05, 4.69) is 15.9 Å². The van der Waals surface area contributed by atoms with Gasteiger partial charge in [0.15, 0.2) is 9.84 Å². The summed E-state index contributed by atoms with van der Waals surface area (Å²) in [7, 11) is -3.34. The lowest BCUT2D eigenvalue weighted by Gasteiger charge is -2.05. The van der Waals surface area contributed by atoms with Gasteiger partial charge in [-0.05, 0) is 35.9 Å². The zero-order chi connectivity index (χ0) is 13.2. The molecule has 0 radical (unpaired) electrons. The second kappa shape index (κ2) is 5.12. The quantitative estimate of drug-likeness (QED) is 0.882. The molecule has 2 aromatic carbocycles. The molecule has 0 unspecified atom stereocenters. The summed E-state index contributed by atoms with van der Waals surface area (Å²) in [6.07, 6.45) is 0. The predicted molar refractivity (Wildman–Crippen MR) is 75.9 cm³/mol. The highest BCUT2D eigenvalue weighted by atomic mass is 79.9. The molecule has 18 heavy (non-hydrogen) atoms. The summed E-state index contributed by atoms with van der Waals surface area (Å²) in [5.41, 5.74) is 6.80. The molecule has 0 aliphatic rings. The van der Waals surface area contributed by atoms with Crippen LogP contribution in [0.1, 0.15) is 5.56 Å². The molecule has 3 nitrogen and oxygen atoms in total. The van der Waals surface area contributed by atoms with E-state index in [9.17, 15) is 8.42 Å². The van der Waals surface area contributed by atoms with Crippen LogP contribution in [0.25, 0.3) is 0 Å². The molecule has 2 aromatic rings. The summed E-state index contributed by atoms with van der Waals surface area (Å²) < 4.78 is 25.3. The molecule has 0 aromatic heterocycles. The van der Waals surface area contributed by atoms with Gasteiger partial charge in [0.2, 0.25) is 0 Å². The molecule has 2 N–H and O–H groups in total. The molecule has 0 fully saturated rings. The minimum absolute atomic E-state index is 0.0241. The molecule has 0 heterocycles. The Balaban J connectivity index is 2.30. The molecule has 0 atom stereocenters. The van der Waals surface area contributed by atoms with Crippen molar-refractivity contribution in [3.8, 4) is 0 Å². The third-order valence-corrected chi connectivity index (χ3v) is 4.70. The second-order valence-electron chi connectivity index (χ2n) is 3.96. The average Bonchev–Trinajstić information content (AvgIpc) is 2.32. The Kier molecular flexibility index (Phi) is 3.73. The molecule has 0 aliphatic carbocycles. The summed E-state index contributed by atoms with van der Waals surface area (Å²) in [6.45, 7) is 0. The van der Waals surface area contributed by atoms with E-state index in [1.165, 1.54) is 6.07 Å². The normalized spacial score (nSPS) is 11.4. The number of nitrogens with two attached hydrogens (primary N) is 1. The Hall–Kier alpha value is -1.33.